The molecule has 6 heteroatoms. The fourth-order valence-electron chi connectivity index (χ4n) is 1.85. The van der Waals surface area contributed by atoms with E-state index in [0.717, 1.165) is 5.69 Å². The summed E-state index contributed by atoms with van der Waals surface area (Å²) in [4.78, 5) is 27.7. The molecule has 2 aromatic rings. The van der Waals surface area contributed by atoms with Crippen LogP contribution >= 0.6 is 11.3 Å². The molecule has 1 N–H and O–H groups in total. The predicted molar refractivity (Wildman–Crippen MR) is 91.4 cm³/mol. The Hall–Kier alpha value is -2.21. The van der Waals surface area contributed by atoms with Gasteiger partial charge in [0.15, 0.2) is 17.5 Å². The molecule has 0 spiro atoms. The van der Waals surface area contributed by atoms with Crippen molar-refractivity contribution in [3.63, 3.8) is 0 Å². The third kappa shape index (κ3) is 4.89. The summed E-state index contributed by atoms with van der Waals surface area (Å²) >= 11 is 1.40. The largest absolute Gasteiger partial charge is 0.484 e. The number of ether oxygens (including phenoxy) is 1. The van der Waals surface area contributed by atoms with Crippen LogP contribution in [0.5, 0.6) is 5.75 Å². The maximum atomic E-state index is 11.9. The summed E-state index contributed by atoms with van der Waals surface area (Å²) in [5.74, 6) is 0.703. The Bertz CT molecular complexity index is 677. The molecular weight excluding hydrogens is 312 g/mol. The summed E-state index contributed by atoms with van der Waals surface area (Å²) in [6.07, 6.45) is 0.467. The molecular formula is C17H20N2O3S. The van der Waals surface area contributed by atoms with E-state index in [4.69, 9.17) is 4.74 Å². The number of aromatic nitrogens is 1. The van der Waals surface area contributed by atoms with Gasteiger partial charge in [-0.2, -0.15) is 0 Å². The Morgan fingerprint density at radius 1 is 1.26 bits per heavy atom. The van der Waals surface area contributed by atoms with E-state index >= 15 is 0 Å². The first-order valence-corrected chi connectivity index (χ1v) is 8.39. The maximum Gasteiger partial charge on any atom is 0.264 e. The van der Waals surface area contributed by atoms with E-state index in [1.54, 1.807) is 24.3 Å². The molecule has 23 heavy (non-hydrogen) atoms. The summed E-state index contributed by atoms with van der Waals surface area (Å²) in [5, 5.41) is 5.23. The number of thiazole rings is 1. The van der Waals surface area contributed by atoms with Crippen molar-refractivity contribution in [2.75, 3.05) is 11.9 Å². The van der Waals surface area contributed by atoms with Crippen molar-refractivity contribution in [2.24, 2.45) is 0 Å². The van der Waals surface area contributed by atoms with E-state index < -0.39 is 0 Å². The third-order valence-corrected chi connectivity index (χ3v) is 4.00. The molecule has 1 aromatic heterocycles. The minimum Gasteiger partial charge on any atom is -0.484 e. The second-order valence-corrected chi connectivity index (χ2v) is 6.23. The molecule has 2 rings (SSSR count). The van der Waals surface area contributed by atoms with Gasteiger partial charge in [0.2, 0.25) is 0 Å². The van der Waals surface area contributed by atoms with Gasteiger partial charge in [-0.05, 0) is 30.2 Å². The summed E-state index contributed by atoms with van der Waals surface area (Å²) in [7, 11) is 0. The molecule has 0 radical (unpaired) electrons. The topological polar surface area (TPSA) is 68.3 Å². The molecule has 1 aromatic carbocycles. The molecule has 0 fully saturated rings. The zero-order valence-corrected chi connectivity index (χ0v) is 14.3. The number of rotatable bonds is 7. The molecule has 122 valence electrons. The number of nitrogens with one attached hydrogen (secondary N) is 1. The molecule has 0 unspecified atom stereocenters. The van der Waals surface area contributed by atoms with Gasteiger partial charge in [-0.3, -0.25) is 14.9 Å². The molecule has 0 atom stereocenters. The van der Waals surface area contributed by atoms with Crippen LogP contribution < -0.4 is 10.1 Å². The first-order valence-electron chi connectivity index (χ1n) is 7.51. The van der Waals surface area contributed by atoms with Crippen LogP contribution in [0.3, 0.4) is 0 Å². The van der Waals surface area contributed by atoms with Crippen LogP contribution in [0.25, 0.3) is 0 Å². The van der Waals surface area contributed by atoms with Gasteiger partial charge in [0.1, 0.15) is 5.75 Å². The number of nitrogens with zero attached hydrogens (tertiary/aromatic N) is 1. The monoisotopic (exact) mass is 332 g/mol. The minimum atomic E-state index is -0.261. The van der Waals surface area contributed by atoms with Crippen molar-refractivity contribution in [3.8, 4) is 5.75 Å². The van der Waals surface area contributed by atoms with Crippen molar-refractivity contribution < 1.29 is 14.3 Å². The van der Waals surface area contributed by atoms with Crippen LogP contribution in [0.1, 0.15) is 49.2 Å². The van der Waals surface area contributed by atoms with Crippen molar-refractivity contribution in [1.82, 2.24) is 4.98 Å². The predicted octanol–water partition coefficient (Wildman–Crippen LogP) is 3.88. The number of Topliss-reactive ketones (excluding diaryl/α,β-unsaturated/α-hetero) is 1. The number of anilines is 1. The van der Waals surface area contributed by atoms with Gasteiger partial charge in [-0.1, -0.05) is 20.8 Å². The fourth-order valence-corrected chi connectivity index (χ4v) is 2.74. The Kier molecular flexibility index (Phi) is 5.87. The Morgan fingerprint density at radius 2 is 1.96 bits per heavy atom. The van der Waals surface area contributed by atoms with Gasteiger partial charge in [0, 0.05) is 17.4 Å². The van der Waals surface area contributed by atoms with Crippen molar-refractivity contribution >= 4 is 28.2 Å². The lowest BCUT2D eigenvalue weighted by Crippen LogP contribution is -2.20. The average molecular weight is 332 g/mol. The number of hydrogen-bond donors (Lipinski definition) is 1. The van der Waals surface area contributed by atoms with E-state index in [1.165, 1.54) is 11.3 Å². The quantitative estimate of drug-likeness (QED) is 0.781. The van der Waals surface area contributed by atoms with Crippen molar-refractivity contribution in [1.29, 1.82) is 0 Å². The van der Waals surface area contributed by atoms with Gasteiger partial charge < -0.3 is 4.74 Å². The lowest BCUT2D eigenvalue weighted by Gasteiger charge is -2.06. The highest BCUT2D eigenvalue weighted by molar-refractivity contribution is 7.13. The van der Waals surface area contributed by atoms with Gasteiger partial charge in [-0.25, -0.2) is 4.98 Å². The molecule has 0 saturated carbocycles. The second kappa shape index (κ2) is 7.87. The number of ketones is 1. The maximum absolute atomic E-state index is 11.9. The summed E-state index contributed by atoms with van der Waals surface area (Å²) < 4.78 is 5.42. The standard InChI is InChI=1S/C17H20N2O3S/c1-4-15(20)12-5-7-13(8-6-12)22-9-16(21)19-17-18-14(10-23-17)11(2)3/h5-8,10-11H,4,9H2,1-3H3,(H,18,19,21). The van der Waals surface area contributed by atoms with Crippen LogP contribution in [-0.4, -0.2) is 23.3 Å². The van der Waals surface area contributed by atoms with E-state index in [-0.39, 0.29) is 18.3 Å². The number of benzene rings is 1. The molecule has 0 aliphatic heterocycles. The van der Waals surface area contributed by atoms with Gasteiger partial charge in [0.05, 0.1) is 5.69 Å². The summed E-state index contributed by atoms with van der Waals surface area (Å²) in [6, 6.07) is 6.79. The lowest BCUT2D eigenvalue weighted by molar-refractivity contribution is -0.118. The Balaban J connectivity index is 1.85. The SMILES string of the molecule is CCC(=O)c1ccc(OCC(=O)Nc2nc(C(C)C)cs2)cc1. The third-order valence-electron chi connectivity index (χ3n) is 3.23. The van der Waals surface area contributed by atoms with Gasteiger partial charge in [-0.15, -0.1) is 11.3 Å². The van der Waals surface area contributed by atoms with Crippen LogP contribution in [0.15, 0.2) is 29.6 Å². The highest BCUT2D eigenvalue weighted by Gasteiger charge is 2.10. The minimum absolute atomic E-state index is 0.0824. The first-order chi connectivity index (χ1) is 11.0. The fraction of sp³-hybridized carbons (Fsp3) is 0.353. The highest BCUT2D eigenvalue weighted by Crippen LogP contribution is 2.21. The van der Waals surface area contributed by atoms with Crippen LogP contribution in [-0.2, 0) is 4.79 Å². The van der Waals surface area contributed by atoms with Crippen molar-refractivity contribution in [2.45, 2.75) is 33.1 Å². The van der Waals surface area contributed by atoms with Gasteiger partial charge in [0.25, 0.3) is 5.91 Å². The molecule has 1 heterocycles. The van der Waals surface area contributed by atoms with E-state index in [0.29, 0.717) is 28.8 Å². The van der Waals surface area contributed by atoms with Crippen LogP contribution in [0.2, 0.25) is 0 Å². The second-order valence-electron chi connectivity index (χ2n) is 5.37. The Labute approximate surface area is 139 Å². The van der Waals surface area contributed by atoms with Crippen LogP contribution in [0.4, 0.5) is 5.13 Å². The summed E-state index contributed by atoms with van der Waals surface area (Å²) in [6.45, 7) is 5.82. The molecule has 5 nitrogen and oxygen atoms in total. The molecule has 0 aliphatic carbocycles. The zero-order chi connectivity index (χ0) is 16.8. The van der Waals surface area contributed by atoms with Crippen LogP contribution in [0, 0.1) is 0 Å². The average Bonchev–Trinajstić information content (AvgIpc) is 3.01. The Morgan fingerprint density at radius 3 is 2.52 bits per heavy atom. The van der Waals surface area contributed by atoms with E-state index in [1.807, 2.05) is 12.3 Å². The number of carbonyl (C=O) groups is 2. The van der Waals surface area contributed by atoms with E-state index in [2.05, 4.69) is 24.1 Å². The zero-order valence-electron chi connectivity index (χ0n) is 13.5. The summed E-state index contributed by atoms with van der Waals surface area (Å²) in [5.41, 5.74) is 1.61. The number of amides is 1. The molecule has 0 saturated heterocycles. The smallest absolute Gasteiger partial charge is 0.264 e. The van der Waals surface area contributed by atoms with Gasteiger partial charge >= 0.3 is 0 Å². The molecule has 1 amide bonds. The highest BCUT2D eigenvalue weighted by atomic mass is 32.1. The number of carbonyl (C=O) groups excluding carboxylic acids is 2. The normalized spacial score (nSPS) is 10.6. The number of hydrogen-bond acceptors (Lipinski definition) is 5. The van der Waals surface area contributed by atoms with Crippen molar-refractivity contribution in [3.05, 3.63) is 40.9 Å². The molecule has 0 aliphatic rings. The molecule has 0 bridgehead atoms. The lowest BCUT2D eigenvalue weighted by atomic mass is 10.1. The van der Waals surface area contributed by atoms with E-state index in [9.17, 15) is 9.59 Å². The first kappa shape index (κ1) is 17.1.